The van der Waals surface area contributed by atoms with Crippen molar-refractivity contribution < 1.29 is 18.3 Å². The van der Waals surface area contributed by atoms with Gasteiger partial charge in [0.05, 0.1) is 0 Å². The number of ether oxygens (including phenoxy) is 1. The van der Waals surface area contributed by atoms with Crippen LogP contribution >= 0.6 is 0 Å². The SMILES string of the molecule is CCC(CO)c1ccc2c(c1)S(=O)(=O)c1ccccc1O2. The second kappa shape index (κ2) is 5.16. The summed E-state index contributed by atoms with van der Waals surface area (Å²) in [4.78, 5) is 0.359. The predicted octanol–water partition coefficient (Wildman–Crippen LogP) is 3.11. The molecule has 1 N–H and O–H groups in total. The molecule has 0 bridgehead atoms. The van der Waals surface area contributed by atoms with Crippen LogP contribution in [0, 0.1) is 0 Å². The molecule has 0 aromatic heterocycles. The minimum absolute atomic E-state index is 0.00716. The Labute approximate surface area is 123 Å². The van der Waals surface area contributed by atoms with Gasteiger partial charge in [-0.25, -0.2) is 8.42 Å². The number of benzene rings is 2. The van der Waals surface area contributed by atoms with Gasteiger partial charge < -0.3 is 9.84 Å². The molecule has 110 valence electrons. The van der Waals surface area contributed by atoms with E-state index in [1.807, 2.05) is 13.0 Å². The molecular weight excluding hydrogens is 288 g/mol. The molecule has 1 aliphatic rings. The molecule has 0 amide bonds. The summed E-state index contributed by atoms with van der Waals surface area (Å²) in [7, 11) is -3.58. The Morgan fingerprint density at radius 3 is 2.52 bits per heavy atom. The average Bonchev–Trinajstić information content (AvgIpc) is 2.49. The van der Waals surface area contributed by atoms with E-state index in [4.69, 9.17) is 4.74 Å². The van der Waals surface area contributed by atoms with Gasteiger partial charge >= 0.3 is 0 Å². The van der Waals surface area contributed by atoms with E-state index in [0.717, 1.165) is 12.0 Å². The molecule has 5 heteroatoms. The number of aliphatic hydroxyl groups is 1. The third kappa shape index (κ3) is 2.22. The highest BCUT2D eigenvalue weighted by molar-refractivity contribution is 7.91. The predicted molar refractivity (Wildman–Crippen MR) is 78.5 cm³/mol. The Morgan fingerprint density at radius 2 is 1.81 bits per heavy atom. The van der Waals surface area contributed by atoms with Crippen LogP contribution in [0.1, 0.15) is 24.8 Å². The quantitative estimate of drug-likeness (QED) is 0.807. The first-order valence-electron chi connectivity index (χ1n) is 6.84. The smallest absolute Gasteiger partial charge is 0.213 e. The zero-order valence-electron chi connectivity index (χ0n) is 11.6. The third-order valence-corrected chi connectivity index (χ3v) is 5.61. The Kier molecular flexibility index (Phi) is 3.47. The number of para-hydroxylation sites is 1. The van der Waals surface area contributed by atoms with Crippen LogP contribution in [0.25, 0.3) is 0 Å². The van der Waals surface area contributed by atoms with Crippen LogP contribution in [0.3, 0.4) is 0 Å². The van der Waals surface area contributed by atoms with Gasteiger partial charge in [0.2, 0.25) is 9.84 Å². The van der Waals surface area contributed by atoms with E-state index >= 15 is 0 Å². The molecular formula is C16H16O4S. The van der Waals surface area contributed by atoms with Crippen molar-refractivity contribution in [3.8, 4) is 11.5 Å². The highest BCUT2D eigenvalue weighted by Crippen LogP contribution is 2.43. The first kappa shape index (κ1) is 14.1. The maximum absolute atomic E-state index is 12.7. The van der Waals surface area contributed by atoms with Gasteiger partial charge in [-0.05, 0) is 36.2 Å². The van der Waals surface area contributed by atoms with Crippen molar-refractivity contribution in [2.45, 2.75) is 29.1 Å². The van der Waals surface area contributed by atoms with E-state index < -0.39 is 9.84 Å². The standard InChI is InChI=1S/C16H16O4S/c1-2-11(10-17)12-7-8-14-16(9-12)21(18,19)15-6-4-3-5-13(15)20-14/h3-9,11,17H,2,10H2,1H3. The topological polar surface area (TPSA) is 63.6 Å². The Morgan fingerprint density at radius 1 is 1.10 bits per heavy atom. The van der Waals surface area contributed by atoms with E-state index in [2.05, 4.69) is 0 Å². The molecule has 21 heavy (non-hydrogen) atoms. The molecule has 0 saturated carbocycles. The molecule has 3 rings (SSSR count). The summed E-state index contributed by atoms with van der Waals surface area (Å²) in [6, 6.07) is 11.7. The van der Waals surface area contributed by atoms with Gasteiger partial charge in [-0.2, -0.15) is 0 Å². The fraction of sp³-hybridized carbons (Fsp3) is 0.250. The summed E-state index contributed by atoms with van der Waals surface area (Å²) < 4.78 is 31.1. The molecule has 0 saturated heterocycles. The van der Waals surface area contributed by atoms with Crippen molar-refractivity contribution in [2.24, 2.45) is 0 Å². The molecule has 0 spiro atoms. The van der Waals surface area contributed by atoms with E-state index in [9.17, 15) is 13.5 Å². The van der Waals surface area contributed by atoms with Crippen molar-refractivity contribution >= 4 is 9.84 Å². The number of sulfone groups is 1. The summed E-state index contributed by atoms with van der Waals surface area (Å²) in [5.41, 5.74) is 0.810. The highest BCUT2D eigenvalue weighted by atomic mass is 32.2. The van der Waals surface area contributed by atoms with Gasteiger partial charge in [-0.15, -0.1) is 0 Å². The minimum Gasteiger partial charge on any atom is -0.455 e. The highest BCUT2D eigenvalue weighted by Gasteiger charge is 2.31. The number of hydrogen-bond acceptors (Lipinski definition) is 4. The van der Waals surface area contributed by atoms with Crippen molar-refractivity contribution in [3.63, 3.8) is 0 Å². The van der Waals surface area contributed by atoms with Gasteiger partial charge in [0.25, 0.3) is 0 Å². The maximum atomic E-state index is 12.7. The first-order chi connectivity index (χ1) is 10.1. The van der Waals surface area contributed by atoms with Crippen molar-refractivity contribution in [1.29, 1.82) is 0 Å². The molecule has 0 radical (unpaired) electrons. The van der Waals surface area contributed by atoms with Crippen molar-refractivity contribution in [3.05, 3.63) is 48.0 Å². The summed E-state index contributed by atoms with van der Waals surface area (Å²) >= 11 is 0. The Bertz CT molecular complexity index is 777. The fourth-order valence-corrected chi connectivity index (χ4v) is 4.07. The molecule has 0 aliphatic carbocycles. The van der Waals surface area contributed by atoms with Crippen LogP contribution in [0.15, 0.2) is 52.3 Å². The van der Waals surface area contributed by atoms with Crippen LogP contribution in [0.5, 0.6) is 11.5 Å². The molecule has 1 atom stereocenters. The molecule has 1 heterocycles. The summed E-state index contributed by atoms with van der Waals surface area (Å²) in [5.74, 6) is 0.625. The second-order valence-corrected chi connectivity index (χ2v) is 6.93. The zero-order valence-corrected chi connectivity index (χ0v) is 12.4. The molecule has 4 nitrogen and oxygen atoms in total. The number of hydrogen-bond donors (Lipinski definition) is 1. The third-order valence-electron chi connectivity index (χ3n) is 3.80. The molecule has 1 aliphatic heterocycles. The summed E-state index contributed by atoms with van der Waals surface area (Å²) in [6.45, 7) is 1.95. The second-order valence-electron chi connectivity index (χ2n) is 5.05. The van der Waals surface area contributed by atoms with Gasteiger partial charge in [0.15, 0.2) is 0 Å². The van der Waals surface area contributed by atoms with Crippen LogP contribution < -0.4 is 4.74 Å². The molecule has 2 aromatic rings. The van der Waals surface area contributed by atoms with Crippen molar-refractivity contribution in [2.75, 3.05) is 6.61 Å². The maximum Gasteiger partial charge on any atom is 0.213 e. The zero-order chi connectivity index (χ0) is 15.0. The number of fused-ring (bicyclic) bond motifs is 2. The van der Waals surface area contributed by atoms with Gasteiger partial charge in [-0.3, -0.25) is 0 Å². The fourth-order valence-electron chi connectivity index (χ4n) is 2.54. The van der Waals surface area contributed by atoms with Crippen LogP contribution in [0.2, 0.25) is 0 Å². The van der Waals surface area contributed by atoms with E-state index in [1.54, 1.807) is 36.4 Å². The number of rotatable bonds is 3. The minimum atomic E-state index is -3.58. The lowest BCUT2D eigenvalue weighted by Gasteiger charge is -2.22. The lowest BCUT2D eigenvalue weighted by atomic mass is 9.97. The molecule has 2 aromatic carbocycles. The molecule has 0 fully saturated rings. The van der Waals surface area contributed by atoms with Crippen LogP contribution in [-0.2, 0) is 9.84 Å². The van der Waals surface area contributed by atoms with Gasteiger partial charge in [-0.1, -0.05) is 25.1 Å². The number of aliphatic hydroxyl groups excluding tert-OH is 1. The van der Waals surface area contributed by atoms with E-state index in [-0.39, 0.29) is 22.3 Å². The average molecular weight is 304 g/mol. The van der Waals surface area contributed by atoms with Crippen LogP contribution in [0.4, 0.5) is 0 Å². The van der Waals surface area contributed by atoms with Crippen LogP contribution in [-0.4, -0.2) is 20.1 Å². The van der Waals surface area contributed by atoms with Gasteiger partial charge in [0.1, 0.15) is 21.3 Å². The van der Waals surface area contributed by atoms with Crippen molar-refractivity contribution in [1.82, 2.24) is 0 Å². The first-order valence-corrected chi connectivity index (χ1v) is 8.33. The monoisotopic (exact) mass is 304 g/mol. The Hall–Kier alpha value is -1.85. The molecule has 1 unspecified atom stereocenters. The largest absolute Gasteiger partial charge is 0.455 e. The summed E-state index contributed by atoms with van der Waals surface area (Å²) in [5, 5.41) is 9.39. The summed E-state index contributed by atoms with van der Waals surface area (Å²) in [6.07, 6.45) is 0.743. The van der Waals surface area contributed by atoms with E-state index in [0.29, 0.717) is 11.5 Å². The van der Waals surface area contributed by atoms with Gasteiger partial charge in [0, 0.05) is 12.5 Å². The lowest BCUT2D eigenvalue weighted by Crippen LogP contribution is -2.12. The normalized spacial score (nSPS) is 16.5. The lowest BCUT2D eigenvalue weighted by molar-refractivity contribution is 0.262. The van der Waals surface area contributed by atoms with E-state index in [1.165, 1.54) is 0 Å². The Balaban J connectivity index is 2.17.